The second-order valence-corrected chi connectivity index (χ2v) is 8.25. The summed E-state index contributed by atoms with van der Waals surface area (Å²) in [7, 11) is 0. The van der Waals surface area contributed by atoms with Crippen LogP contribution in [-0.4, -0.2) is 36.5 Å². The molecular weight excluding hydrogens is 344 g/mol. The number of anilines is 1. The van der Waals surface area contributed by atoms with E-state index in [9.17, 15) is 4.79 Å². The van der Waals surface area contributed by atoms with Crippen molar-refractivity contribution in [2.75, 3.05) is 24.5 Å². The highest BCUT2D eigenvalue weighted by molar-refractivity contribution is 5.93. The van der Waals surface area contributed by atoms with Gasteiger partial charge in [0.1, 0.15) is 0 Å². The molecule has 1 heterocycles. The van der Waals surface area contributed by atoms with Crippen molar-refractivity contribution in [3.63, 3.8) is 0 Å². The van der Waals surface area contributed by atoms with E-state index in [0.29, 0.717) is 18.3 Å². The molecule has 0 saturated carbocycles. The minimum Gasteiger partial charge on any atom is -0.309 e. The van der Waals surface area contributed by atoms with Crippen molar-refractivity contribution in [3.8, 4) is 0 Å². The fourth-order valence-corrected chi connectivity index (χ4v) is 4.43. The number of piperidine rings is 1. The highest BCUT2D eigenvalue weighted by atomic mass is 16.2. The van der Waals surface area contributed by atoms with Crippen LogP contribution in [0.5, 0.6) is 0 Å². The third-order valence-corrected chi connectivity index (χ3v) is 6.06. The normalized spacial score (nSPS) is 20.3. The lowest BCUT2D eigenvalue weighted by Gasteiger charge is -2.45. The number of para-hydroxylation sites is 1. The lowest BCUT2D eigenvalue weighted by Crippen LogP contribution is -2.55. The quantitative estimate of drug-likeness (QED) is 0.675. The molecule has 0 spiro atoms. The number of carbonyl (C=O) groups excluding carboxylic acids is 1. The summed E-state index contributed by atoms with van der Waals surface area (Å²) >= 11 is 0. The highest BCUT2D eigenvalue weighted by Crippen LogP contribution is 2.32. The van der Waals surface area contributed by atoms with Gasteiger partial charge in [-0.15, -0.1) is 0 Å². The number of nitrogens with zero attached hydrogens (tertiary/aromatic N) is 2. The molecule has 0 bridgehead atoms. The number of rotatable bonds is 7. The zero-order chi connectivity index (χ0) is 19.9. The predicted octanol–water partition coefficient (Wildman–Crippen LogP) is 5.02. The number of benzene rings is 2. The number of hydrogen-bond acceptors (Lipinski definition) is 2. The van der Waals surface area contributed by atoms with Gasteiger partial charge >= 0.3 is 0 Å². The Morgan fingerprint density at radius 2 is 1.71 bits per heavy atom. The maximum atomic E-state index is 12.9. The number of likely N-dealkylation sites (tertiary alicyclic amines) is 1. The standard InChI is InChI=1S/C25H34N2O/c1-4-25(28)27(22-13-9-6-10-14-22)24-16-18-26(19-23(24)20(2)3)17-15-21-11-7-5-8-12-21/h5-14,20,23-24H,4,15-19H2,1-3H3/t23-,24+/m0/s1. The largest absolute Gasteiger partial charge is 0.309 e. The van der Waals surface area contributed by atoms with Gasteiger partial charge in [0.05, 0.1) is 0 Å². The van der Waals surface area contributed by atoms with Gasteiger partial charge < -0.3 is 9.80 Å². The topological polar surface area (TPSA) is 23.6 Å². The molecule has 3 heteroatoms. The lowest BCUT2D eigenvalue weighted by molar-refractivity contribution is -0.119. The summed E-state index contributed by atoms with van der Waals surface area (Å²) in [5.74, 6) is 1.26. The van der Waals surface area contributed by atoms with Crippen molar-refractivity contribution in [2.45, 2.75) is 46.1 Å². The number of amides is 1. The number of hydrogen-bond donors (Lipinski definition) is 0. The lowest BCUT2D eigenvalue weighted by atomic mass is 9.82. The molecule has 2 atom stereocenters. The van der Waals surface area contributed by atoms with E-state index in [1.165, 1.54) is 5.56 Å². The van der Waals surface area contributed by atoms with Crippen LogP contribution in [0.4, 0.5) is 5.69 Å². The molecule has 0 radical (unpaired) electrons. The molecule has 28 heavy (non-hydrogen) atoms. The summed E-state index contributed by atoms with van der Waals surface area (Å²) in [6.45, 7) is 9.79. The molecule has 1 amide bonds. The van der Waals surface area contributed by atoms with Gasteiger partial charge in [-0.2, -0.15) is 0 Å². The van der Waals surface area contributed by atoms with Gasteiger partial charge in [-0.05, 0) is 42.4 Å². The molecule has 2 aromatic carbocycles. The Labute approximate surface area is 170 Å². The van der Waals surface area contributed by atoms with Gasteiger partial charge in [0, 0.05) is 37.8 Å². The van der Waals surface area contributed by atoms with E-state index < -0.39 is 0 Å². The van der Waals surface area contributed by atoms with Crippen LogP contribution in [0.15, 0.2) is 60.7 Å². The Hall–Kier alpha value is -2.13. The smallest absolute Gasteiger partial charge is 0.226 e. The van der Waals surface area contributed by atoms with Crippen molar-refractivity contribution in [3.05, 3.63) is 66.2 Å². The van der Waals surface area contributed by atoms with Crippen LogP contribution >= 0.6 is 0 Å². The van der Waals surface area contributed by atoms with E-state index in [1.807, 2.05) is 25.1 Å². The first kappa shape index (κ1) is 20.6. The molecule has 1 aliphatic rings. The Kier molecular flexibility index (Phi) is 7.27. The SMILES string of the molecule is CCC(=O)N(c1ccccc1)[C@@H]1CCN(CCc2ccccc2)C[C@H]1C(C)C. The fourth-order valence-electron chi connectivity index (χ4n) is 4.43. The summed E-state index contributed by atoms with van der Waals surface area (Å²) in [4.78, 5) is 17.6. The highest BCUT2D eigenvalue weighted by Gasteiger charge is 2.37. The van der Waals surface area contributed by atoms with Crippen molar-refractivity contribution in [2.24, 2.45) is 11.8 Å². The molecule has 1 fully saturated rings. The third-order valence-electron chi connectivity index (χ3n) is 6.06. The van der Waals surface area contributed by atoms with Crippen molar-refractivity contribution in [1.82, 2.24) is 4.90 Å². The van der Waals surface area contributed by atoms with E-state index in [0.717, 1.165) is 38.2 Å². The first-order valence-corrected chi connectivity index (χ1v) is 10.7. The molecule has 3 nitrogen and oxygen atoms in total. The van der Waals surface area contributed by atoms with Gasteiger partial charge in [-0.3, -0.25) is 4.79 Å². The molecule has 0 aromatic heterocycles. The first-order chi connectivity index (χ1) is 13.6. The van der Waals surface area contributed by atoms with Crippen molar-refractivity contribution >= 4 is 11.6 Å². The first-order valence-electron chi connectivity index (χ1n) is 10.7. The zero-order valence-electron chi connectivity index (χ0n) is 17.6. The van der Waals surface area contributed by atoms with Crippen LogP contribution in [0.3, 0.4) is 0 Å². The monoisotopic (exact) mass is 378 g/mol. The summed E-state index contributed by atoms with van der Waals surface area (Å²) in [5, 5.41) is 0. The zero-order valence-corrected chi connectivity index (χ0v) is 17.6. The molecule has 150 valence electrons. The van der Waals surface area contributed by atoms with E-state index in [2.05, 4.69) is 66.1 Å². The van der Waals surface area contributed by atoms with E-state index >= 15 is 0 Å². The molecule has 3 rings (SSSR count). The Bertz CT molecular complexity index is 729. The number of carbonyl (C=O) groups is 1. The van der Waals surface area contributed by atoms with Crippen LogP contribution in [0, 0.1) is 11.8 Å². The molecule has 0 aliphatic carbocycles. The maximum Gasteiger partial charge on any atom is 0.226 e. The Balaban J connectivity index is 1.73. The molecule has 2 aromatic rings. The molecule has 0 unspecified atom stereocenters. The molecule has 1 aliphatic heterocycles. The minimum atomic E-state index is 0.236. The second kappa shape index (κ2) is 9.88. The predicted molar refractivity (Wildman–Crippen MR) is 118 cm³/mol. The molecule has 0 N–H and O–H groups in total. The van der Waals surface area contributed by atoms with Gasteiger partial charge in [0.25, 0.3) is 0 Å². The van der Waals surface area contributed by atoms with Crippen molar-refractivity contribution in [1.29, 1.82) is 0 Å². The average molecular weight is 379 g/mol. The maximum absolute atomic E-state index is 12.9. The van der Waals surface area contributed by atoms with Gasteiger partial charge in [0.15, 0.2) is 0 Å². The Morgan fingerprint density at radius 1 is 1.07 bits per heavy atom. The van der Waals surface area contributed by atoms with Crippen LogP contribution in [0.2, 0.25) is 0 Å². The summed E-state index contributed by atoms with van der Waals surface area (Å²) in [6.07, 6.45) is 2.68. The van der Waals surface area contributed by atoms with Crippen molar-refractivity contribution < 1.29 is 4.79 Å². The summed E-state index contributed by atoms with van der Waals surface area (Å²) in [6, 6.07) is 21.3. The van der Waals surface area contributed by atoms with Crippen LogP contribution < -0.4 is 4.90 Å². The minimum absolute atomic E-state index is 0.236. The van der Waals surface area contributed by atoms with E-state index in [4.69, 9.17) is 0 Å². The van der Waals surface area contributed by atoms with Crippen LogP contribution in [0.25, 0.3) is 0 Å². The van der Waals surface area contributed by atoms with Gasteiger partial charge in [-0.1, -0.05) is 69.3 Å². The fraction of sp³-hybridized carbons (Fsp3) is 0.480. The second-order valence-electron chi connectivity index (χ2n) is 8.25. The third kappa shape index (κ3) is 5.02. The van der Waals surface area contributed by atoms with E-state index in [-0.39, 0.29) is 11.9 Å². The molecule has 1 saturated heterocycles. The average Bonchev–Trinajstić information content (AvgIpc) is 2.74. The Morgan fingerprint density at radius 3 is 2.32 bits per heavy atom. The van der Waals surface area contributed by atoms with Crippen LogP contribution in [0.1, 0.15) is 39.2 Å². The van der Waals surface area contributed by atoms with E-state index in [1.54, 1.807) is 0 Å². The molecular formula is C25H34N2O. The van der Waals surface area contributed by atoms with Gasteiger partial charge in [0.2, 0.25) is 5.91 Å². The summed E-state index contributed by atoms with van der Waals surface area (Å²) in [5.41, 5.74) is 2.44. The van der Waals surface area contributed by atoms with Gasteiger partial charge in [-0.25, -0.2) is 0 Å². The van der Waals surface area contributed by atoms with Crippen LogP contribution in [-0.2, 0) is 11.2 Å². The summed E-state index contributed by atoms with van der Waals surface area (Å²) < 4.78 is 0.